The standard InChI is InChI=1S/C22H35N3O5/c1-8-12-25(17(26)13-23-21(29)30-22(5,6)7)18(20(28)24-14(2)3)16-11-9-10-15(4)19(16)27/h9-11,14,18,27H,8,12-13H2,1-7H3,(H,23,29)(H,24,28). The maximum Gasteiger partial charge on any atom is 0.408 e. The molecule has 1 unspecified atom stereocenters. The number of alkyl carbamates (subject to hydrolysis) is 1. The number of ether oxygens (including phenoxy) is 1. The van der Waals surface area contributed by atoms with Gasteiger partial charge in [-0.05, 0) is 53.5 Å². The van der Waals surface area contributed by atoms with Crippen LogP contribution in [0.25, 0.3) is 0 Å². The minimum Gasteiger partial charge on any atom is -0.507 e. The molecule has 1 aromatic carbocycles. The van der Waals surface area contributed by atoms with Crippen LogP contribution in [0.1, 0.15) is 65.1 Å². The van der Waals surface area contributed by atoms with E-state index >= 15 is 0 Å². The monoisotopic (exact) mass is 421 g/mol. The molecule has 3 N–H and O–H groups in total. The Balaban J connectivity index is 3.20. The fourth-order valence-corrected chi connectivity index (χ4v) is 2.92. The van der Waals surface area contributed by atoms with Gasteiger partial charge in [-0.1, -0.05) is 25.1 Å². The van der Waals surface area contributed by atoms with Crippen molar-refractivity contribution in [3.8, 4) is 5.75 Å². The molecule has 1 aromatic rings. The van der Waals surface area contributed by atoms with Gasteiger partial charge in [-0.3, -0.25) is 9.59 Å². The lowest BCUT2D eigenvalue weighted by molar-refractivity contribution is -0.140. The molecular weight excluding hydrogens is 386 g/mol. The predicted molar refractivity (Wildman–Crippen MR) is 115 cm³/mol. The van der Waals surface area contributed by atoms with Gasteiger partial charge in [0.1, 0.15) is 23.9 Å². The van der Waals surface area contributed by atoms with Crippen molar-refractivity contribution in [3.05, 3.63) is 29.3 Å². The summed E-state index contributed by atoms with van der Waals surface area (Å²) in [5.41, 5.74) is 0.251. The largest absolute Gasteiger partial charge is 0.507 e. The highest BCUT2D eigenvalue weighted by molar-refractivity contribution is 5.91. The molecule has 8 heteroatoms. The van der Waals surface area contributed by atoms with Crippen LogP contribution in [-0.2, 0) is 14.3 Å². The normalized spacial score (nSPS) is 12.3. The van der Waals surface area contributed by atoms with Gasteiger partial charge >= 0.3 is 6.09 Å². The summed E-state index contributed by atoms with van der Waals surface area (Å²) < 4.78 is 5.17. The molecule has 0 aromatic heterocycles. The van der Waals surface area contributed by atoms with Crippen LogP contribution in [0.5, 0.6) is 5.75 Å². The molecule has 1 atom stereocenters. The van der Waals surface area contributed by atoms with Crippen LogP contribution in [0, 0.1) is 6.92 Å². The van der Waals surface area contributed by atoms with Crippen LogP contribution in [0.15, 0.2) is 18.2 Å². The summed E-state index contributed by atoms with van der Waals surface area (Å²) in [6.07, 6.45) is -0.121. The van der Waals surface area contributed by atoms with E-state index in [1.807, 2.05) is 20.8 Å². The van der Waals surface area contributed by atoms with Gasteiger partial charge in [0.25, 0.3) is 0 Å². The lowest BCUT2D eigenvalue weighted by Crippen LogP contribution is -2.49. The molecule has 8 nitrogen and oxygen atoms in total. The number of aryl methyl sites for hydroxylation is 1. The SMILES string of the molecule is CCCN(C(=O)CNC(=O)OC(C)(C)C)C(C(=O)NC(C)C)c1cccc(C)c1O. The maximum absolute atomic E-state index is 13.0. The Hall–Kier alpha value is -2.77. The van der Waals surface area contributed by atoms with Crippen molar-refractivity contribution in [3.63, 3.8) is 0 Å². The first-order chi connectivity index (χ1) is 13.9. The van der Waals surface area contributed by atoms with Gasteiger partial charge in [0.05, 0.1) is 0 Å². The molecule has 0 radical (unpaired) electrons. The lowest BCUT2D eigenvalue weighted by atomic mass is 9.99. The molecule has 3 amide bonds. The number of para-hydroxylation sites is 1. The van der Waals surface area contributed by atoms with E-state index in [1.165, 1.54) is 4.90 Å². The van der Waals surface area contributed by atoms with Gasteiger partial charge in [-0.2, -0.15) is 0 Å². The fraction of sp³-hybridized carbons (Fsp3) is 0.591. The van der Waals surface area contributed by atoms with Crippen LogP contribution in [-0.4, -0.2) is 52.6 Å². The first-order valence-electron chi connectivity index (χ1n) is 10.2. The molecule has 0 saturated heterocycles. The molecule has 1 rings (SSSR count). The second kappa shape index (κ2) is 10.8. The first kappa shape index (κ1) is 25.3. The van der Waals surface area contributed by atoms with Crippen molar-refractivity contribution in [2.24, 2.45) is 0 Å². The summed E-state index contributed by atoms with van der Waals surface area (Å²) in [7, 11) is 0. The number of nitrogens with one attached hydrogen (secondary N) is 2. The van der Waals surface area contributed by atoms with E-state index < -0.39 is 29.6 Å². The van der Waals surface area contributed by atoms with Crippen molar-refractivity contribution in [2.75, 3.05) is 13.1 Å². The number of phenolic OH excluding ortho intramolecular Hbond substituents is 1. The zero-order valence-corrected chi connectivity index (χ0v) is 19.0. The van der Waals surface area contributed by atoms with E-state index in [0.29, 0.717) is 17.5 Å². The molecule has 30 heavy (non-hydrogen) atoms. The number of rotatable bonds is 8. The minimum absolute atomic E-state index is 0.0320. The Morgan fingerprint density at radius 2 is 1.83 bits per heavy atom. The zero-order valence-electron chi connectivity index (χ0n) is 19.0. The summed E-state index contributed by atoms with van der Waals surface area (Å²) in [5.74, 6) is -0.882. The van der Waals surface area contributed by atoms with Crippen LogP contribution in [0.4, 0.5) is 4.79 Å². The van der Waals surface area contributed by atoms with Crippen LogP contribution in [0.2, 0.25) is 0 Å². The van der Waals surface area contributed by atoms with Gasteiger partial charge in [0.15, 0.2) is 0 Å². The predicted octanol–water partition coefficient (Wildman–Crippen LogP) is 3.03. The Kier molecular flexibility index (Phi) is 9.14. The van der Waals surface area contributed by atoms with Gasteiger partial charge in [0.2, 0.25) is 11.8 Å². The number of phenols is 1. The van der Waals surface area contributed by atoms with Gasteiger partial charge in [-0.25, -0.2) is 4.79 Å². The molecule has 0 fully saturated rings. The first-order valence-corrected chi connectivity index (χ1v) is 10.2. The average Bonchev–Trinajstić information content (AvgIpc) is 2.60. The van der Waals surface area contributed by atoms with E-state index in [1.54, 1.807) is 45.9 Å². The van der Waals surface area contributed by atoms with E-state index in [0.717, 1.165) is 0 Å². The third kappa shape index (κ3) is 7.57. The number of amides is 3. The number of aromatic hydroxyl groups is 1. The molecule has 0 aliphatic heterocycles. The smallest absolute Gasteiger partial charge is 0.408 e. The third-order valence-electron chi connectivity index (χ3n) is 4.12. The number of hydrogen-bond acceptors (Lipinski definition) is 5. The summed E-state index contributed by atoms with van der Waals surface area (Å²) in [6.45, 7) is 12.4. The minimum atomic E-state index is -1.03. The number of nitrogens with zero attached hydrogens (tertiary/aromatic N) is 1. The highest BCUT2D eigenvalue weighted by atomic mass is 16.6. The van der Waals surface area contributed by atoms with Gasteiger partial charge in [-0.15, -0.1) is 0 Å². The van der Waals surface area contributed by atoms with E-state index in [9.17, 15) is 19.5 Å². The van der Waals surface area contributed by atoms with Crippen LogP contribution >= 0.6 is 0 Å². The summed E-state index contributed by atoms with van der Waals surface area (Å²) in [4.78, 5) is 39.4. The second-order valence-corrected chi connectivity index (χ2v) is 8.52. The molecular formula is C22H35N3O5. The maximum atomic E-state index is 13.0. The van der Waals surface area contributed by atoms with Gasteiger partial charge < -0.3 is 25.4 Å². The summed E-state index contributed by atoms with van der Waals surface area (Å²) >= 11 is 0. The molecule has 0 heterocycles. The molecule has 0 aliphatic rings. The Morgan fingerprint density at radius 1 is 1.20 bits per heavy atom. The molecule has 0 bridgehead atoms. The highest BCUT2D eigenvalue weighted by Crippen LogP contribution is 2.32. The van der Waals surface area contributed by atoms with E-state index in [4.69, 9.17) is 4.74 Å². The Labute approximate surface area is 179 Å². The topological polar surface area (TPSA) is 108 Å². The average molecular weight is 422 g/mol. The highest BCUT2D eigenvalue weighted by Gasteiger charge is 2.33. The number of carbonyl (C=O) groups is 3. The second-order valence-electron chi connectivity index (χ2n) is 8.52. The van der Waals surface area contributed by atoms with Crippen molar-refractivity contribution < 1.29 is 24.2 Å². The number of carbonyl (C=O) groups excluding carboxylic acids is 3. The molecule has 0 spiro atoms. The molecule has 168 valence electrons. The van der Waals surface area contributed by atoms with Crippen LogP contribution < -0.4 is 10.6 Å². The van der Waals surface area contributed by atoms with Crippen molar-refractivity contribution in [1.29, 1.82) is 0 Å². The number of hydrogen-bond donors (Lipinski definition) is 3. The Bertz CT molecular complexity index is 756. The summed E-state index contributed by atoms with van der Waals surface area (Å²) in [5, 5.41) is 15.9. The fourth-order valence-electron chi connectivity index (χ4n) is 2.92. The quantitative estimate of drug-likeness (QED) is 0.598. The number of benzene rings is 1. The van der Waals surface area contributed by atoms with E-state index in [2.05, 4.69) is 10.6 Å². The zero-order chi connectivity index (χ0) is 23.1. The van der Waals surface area contributed by atoms with E-state index in [-0.39, 0.29) is 24.9 Å². The Morgan fingerprint density at radius 3 is 2.37 bits per heavy atom. The van der Waals surface area contributed by atoms with Crippen molar-refractivity contribution >= 4 is 17.9 Å². The molecule has 0 saturated carbocycles. The van der Waals surface area contributed by atoms with Crippen molar-refractivity contribution in [2.45, 2.75) is 72.6 Å². The molecule has 0 aliphatic carbocycles. The van der Waals surface area contributed by atoms with Gasteiger partial charge in [0, 0.05) is 18.2 Å². The third-order valence-corrected chi connectivity index (χ3v) is 4.12. The summed E-state index contributed by atoms with van der Waals surface area (Å²) in [6, 6.07) is 3.91. The van der Waals surface area contributed by atoms with Crippen molar-refractivity contribution in [1.82, 2.24) is 15.5 Å². The lowest BCUT2D eigenvalue weighted by Gasteiger charge is -2.32. The van der Waals surface area contributed by atoms with Crippen LogP contribution in [0.3, 0.4) is 0 Å².